The van der Waals surface area contributed by atoms with Crippen molar-refractivity contribution in [1.82, 2.24) is 9.88 Å². The minimum Gasteiger partial charge on any atom is -0.497 e. The summed E-state index contributed by atoms with van der Waals surface area (Å²) in [6.45, 7) is 2.70. The van der Waals surface area contributed by atoms with Gasteiger partial charge in [-0.3, -0.25) is 5.32 Å². The monoisotopic (exact) mass is 325 g/mol. The first kappa shape index (κ1) is 16.3. The van der Waals surface area contributed by atoms with Crippen molar-refractivity contribution in [2.75, 3.05) is 19.0 Å². The van der Waals surface area contributed by atoms with Crippen LogP contribution in [-0.4, -0.2) is 35.6 Å². The standard InChI is InChI=1S/C19H23N3O2/c1-14-6-3-10-18(20-14)21-19(23)22-11-5-8-16(22)12-15-7-4-9-17(13-15)24-2/h3-4,6-7,9-10,13,16H,5,8,11-12H2,1-2H3,(H,20,21,23). The third-order valence-corrected chi connectivity index (χ3v) is 4.37. The van der Waals surface area contributed by atoms with Crippen molar-refractivity contribution in [2.45, 2.75) is 32.2 Å². The van der Waals surface area contributed by atoms with Crippen LogP contribution in [-0.2, 0) is 6.42 Å². The van der Waals surface area contributed by atoms with Crippen LogP contribution in [0.1, 0.15) is 24.1 Å². The Morgan fingerprint density at radius 3 is 2.96 bits per heavy atom. The molecule has 1 aromatic heterocycles. The van der Waals surface area contributed by atoms with E-state index in [9.17, 15) is 4.79 Å². The predicted molar refractivity (Wildman–Crippen MR) is 94.4 cm³/mol. The molecule has 1 fully saturated rings. The Kier molecular flexibility index (Phi) is 4.99. The number of carbonyl (C=O) groups excluding carboxylic acids is 1. The van der Waals surface area contributed by atoms with Gasteiger partial charge in [-0.1, -0.05) is 18.2 Å². The average Bonchev–Trinajstić information content (AvgIpc) is 3.03. The van der Waals surface area contributed by atoms with Gasteiger partial charge < -0.3 is 9.64 Å². The van der Waals surface area contributed by atoms with Crippen LogP contribution >= 0.6 is 0 Å². The summed E-state index contributed by atoms with van der Waals surface area (Å²) in [6, 6.07) is 13.8. The number of hydrogen-bond donors (Lipinski definition) is 1. The van der Waals surface area contributed by atoms with Gasteiger partial charge in [-0.25, -0.2) is 9.78 Å². The minimum atomic E-state index is -0.0708. The molecule has 1 aliphatic heterocycles. The summed E-state index contributed by atoms with van der Waals surface area (Å²) in [5.41, 5.74) is 2.08. The van der Waals surface area contributed by atoms with Crippen LogP contribution in [0.15, 0.2) is 42.5 Å². The summed E-state index contributed by atoms with van der Waals surface area (Å²) in [7, 11) is 1.67. The molecule has 2 aromatic rings. The van der Waals surface area contributed by atoms with Crippen molar-refractivity contribution < 1.29 is 9.53 Å². The number of nitrogens with zero attached hydrogens (tertiary/aromatic N) is 2. The van der Waals surface area contributed by atoms with E-state index in [2.05, 4.69) is 16.4 Å². The molecular weight excluding hydrogens is 302 g/mol. The second-order valence-electron chi connectivity index (χ2n) is 6.14. The fourth-order valence-corrected chi connectivity index (χ4v) is 3.18. The highest BCUT2D eigenvalue weighted by molar-refractivity contribution is 5.88. The maximum Gasteiger partial charge on any atom is 0.323 e. The number of urea groups is 1. The summed E-state index contributed by atoms with van der Waals surface area (Å²) in [4.78, 5) is 18.9. The zero-order valence-corrected chi connectivity index (χ0v) is 14.2. The fourth-order valence-electron chi connectivity index (χ4n) is 3.18. The number of anilines is 1. The molecule has 0 radical (unpaired) electrons. The number of nitrogens with one attached hydrogen (secondary N) is 1. The maximum atomic E-state index is 12.6. The van der Waals surface area contributed by atoms with Gasteiger partial charge in [-0.2, -0.15) is 0 Å². The van der Waals surface area contributed by atoms with E-state index in [0.29, 0.717) is 5.82 Å². The first-order chi connectivity index (χ1) is 11.7. The van der Waals surface area contributed by atoms with E-state index in [1.807, 2.05) is 48.2 Å². The Labute approximate surface area is 142 Å². The molecule has 2 amide bonds. The van der Waals surface area contributed by atoms with Gasteiger partial charge in [0.2, 0.25) is 0 Å². The van der Waals surface area contributed by atoms with E-state index in [-0.39, 0.29) is 12.1 Å². The van der Waals surface area contributed by atoms with Crippen LogP contribution in [0.3, 0.4) is 0 Å². The van der Waals surface area contributed by atoms with Crippen molar-refractivity contribution in [3.63, 3.8) is 0 Å². The molecular formula is C19H23N3O2. The molecule has 1 aromatic carbocycles. The maximum absolute atomic E-state index is 12.6. The van der Waals surface area contributed by atoms with Gasteiger partial charge >= 0.3 is 6.03 Å². The Morgan fingerprint density at radius 1 is 1.33 bits per heavy atom. The average molecular weight is 325 g/mol. The summed E-state index contributed by atoms with van der Waals surface area (Å²) in [5.74, 6) is 1.46. The molecule has 5 nitrogen and oxygen atoms in total. The number of likely N-dealkylation sites (tertiary alicyclic amines) is 1. The SMILES string of the molecule is COc1cccc(CC2CCCN2C(=O)Nc2cccc(C)n2)c1. The molecule has 126 valence electrons. The smallest absolute Gasteiger partial charge is 0.323 e. The molecule has 1 N–H and O–H groups in total. The van der Waals surface area contributed by atoms with E-state index in [0.717, 1.165) is 37.3 Å². The number of benzene rings is 1. The minimum absolute atomic E-state index is 0.0708. The summed E-state index contributed by atoms with van der Waals surface area (Å²) >= 11 is 0. The topological polar surface area (TPSA) is 54.5 Å². The van der Waals surface area contributed by atoms with Crippen molar-refractivity contribution in [1.29, 1.82) is 0 Å². The molecule has 1 atom stereocenters. The zero-order chi connectivity index (χ0) is 16.9. The van der Waals surface area contributed by atoms with E-state index in [1.165, 1.54) is 5.56 Å². The number of methoxy groups -OCH3 is 1. The van der Waals surface area contributed by atoms with Gasteiger partial charge in [0.05, 0.1) is 7.11 Å². The van der Waals surface area contributed by atoms with Gasteiger partial charge in [0.1, 0.15) is 11.6 Å². The van der Waals surface area contributed by atoms with Crippen LogP contribution in [0.4, 0.5) is 10.6 Å². The van der Waals surface area contributed by atoms with Gasteiger partial charge in [0.25, 0.3) is 0 Å². The van der Waals surface area contributed by atoms with Gasteiger partial charge in [-0.05, 0) is 56.0 Å². The van der Waals surface area contributed by atoms with Crippen molar-refractivity contribution in [3.05, 3.63) is 53.7 Å². The summed E-state index contributed by atoms with van der Waals surface area (Å²) in [6.07, 6.45) is 2.89. The molecule has 2 heterocycles. The predicted octanol–water partition coefficient (Wildman–Crippen LogP) is 3.64. The number of aryl methyl sites for hydroxylation is 1. The lowest BCUT2D eigenvalue weighted by molar-refractivity contribution is 0.206. The first-order valence-electron chi connectivity index (χ1n) is 8.30. The lowest BCUT2D eigenvalue weighted by Crippen LogP contribution is -2.39. The number of ether oxygens (including phenoxy) is 1. The number of aromatic nitrogens is 1. The summed E-state index contributed by atoms with van der Waals surface area (Å²) in [5, 5.41) is 2.91. The highest BCUT2D eigenvalue weighted by Crippen LogP contribution is 2.23. The number of rotatable bonds is 4. The molecule has 0 spiro atoms. The Bertz CT molecular complexity index is 717. The quantitative estimate of drug-likeness (QED) is 0.934. The molecule has 24 heavy (non-hydrogen) atoms. The Hall–Kier alpha value is -2.56. The second kappa shape index (κ2) is 7.34. The van der Waals surface area contributed by atoms with E-state index < -0.39 is 0 Å². The number of carbonyl (C=O) groups is 1. The highest BCUT2D eigenvalue weighted by atomic mass is 16.5. The second-order valence-corrected chi connectivity index (χ2v) is 6.14. The Morgan fingerprint density at radius 2 is 2.17 bits per heavy atom. The molecule has 5 heteroatoms. The molecule has 1 aliphatic rings. The van der Waals surface area contributed by atoms with Crippen LogP contribution < -0.4 is 10.1 Å². The molecule has 1 saturated heterocycles. The number of hydrogen-bond acceptors (Lipinski definition) is 3. The molecule has 0 saturated carbocycles. The molecule has 0 aliphatic carbocycles. The van der Waals surface area contributed by atoms with Crippen molar-refractivity contribution >= 4 is 11.8 Å². The van der Waals surface area contributed by atoms with Crippen LogP contribution in [0.2, 0.25) is 0 Å². The van der Waals surface area contributed by atoms with E-state index in [4.69, 9.17) is 4.74 Å². The van der Waals surface area contributed by atoms with Gasteiger partial charge in [-0.15, -0.1) is 0 Å². The lowest BCUT2D eigenvalue weighted by atomic mass is 10.0. The lowest BCUT2D eigenvalue weighted by Gasteiger charge is -2.25. The van der Waals surface area contributed by atoms with Gasteiger partial charge in [0, 0.05) is 18.3 Å². The van der Waals surface area contributed by atoms with E-state index >= 15 is 0 Å². The Balaban J connectivity index is 1.67. The fraction of sp³-hybridized carbons (Fsp3) is 0.368. The summed E-state index contributed by atoms with van der Waals surface area (Å²) < 4.78 is 5.28. The van der Waals surface area contributed by atoms with Crippen molar-refractivity contribution in [3.8, 4) is 5.75 Å². The molecule has 0 bridgehead atoms. The largest absolute Gasteiger partial charge is 0.497 e. The van der Waals surface area contributed by atoms with Crippen molar-refractivity contribution in [2.24, 2.45) is 0 Å². The number of amides is 2. The number of pyridine rings is 1. The zero-order valence-electron chi connectivity index (χ0n) is 14.2. The van der Waals surface area contributed by atoms with Crippen LogP contribution in [0.25, 0.3) is 0 Å². The third kappa shape index (κ3) is 3.85. The highest BCUT2D eigenvalue weighted by Gasteiger charge is 2.29. The van der Waals surface area contributed by atoms with E-state index in [1.54, 1.807) is 7.11 Å². The van der Waals surface area contributed by atoms with Gasteiger partial charge in [0.15, 0.2) is 0 Å². The molecule has 1 unspecified atom stereocenters. The van der Waals surface area contributed by atoms with Crippen LogP contribution in [0, 0.1) is 6.92 Å². The normalized spacial score (nSPS) is 16.9. The molecule has 3 rings (SSSR count). The first-order valence-corrected chi connectivity index (χ1v) is 8.30. The van der Waals surface area contributed by atoms with Crippen LogP contribution in [0.5, 0.6) is 5.75 Å². The third-order valence-electron chi connectivity index (χ3n) is 4.37.